The lowest BCUT2D eigenvalue weighted by Crippen LogP contribution is -2.35. The van der Waals surface area contributed by atoms with Crippen molar-refractivity contribution >= 4 is 34.8 Å². The van der Waals surface area contributed by atoms with Crippen LogP contribution in [0, 0.1) is 5.41 Å². The number of hydrogen-bond acceptors (Lipinski definition) is 2. The van der Waals surface area contributed by atoms with E-state index in [2.05, 4.69) is 5.32 Å². The van der Waals surface area contributed by atoms with Gasteiger partial charge in [-0.15, -0.1) is 0 Å². The van der Waals surface area contributed by atoms with Gasteiger partial charge in [0.15, 0.2) is 0 Å². The maximum absolute atomic E-state index is 12.4. The molecule has 0 heterocycles. The summed E-state index contributed by atoms with van der Waals surface area (Å²) in [6.45, 7) is 1.98. The van der Waals surface area contributed by atoms with Crippen LogP contribution < -0.4 is 5.32 Å². The molecule has 104 valence electrons. The van der Waals surface area contributed by atoms with Gasteiger partial charge in [0.25, 0.3) is 0 Å². The first-order valence-corrected chi connectivity index (χ1v) is 7.17. The third-order valence-corrected chi connectivity index (χ3v) is 4.41. The van der Waals surface area contributed by atoms with E-state index in [-0.39, 0.29) is 27.1 Å². The van der Waals surface area contributed by atoms with Crippen molar-refractivity contribution < 1.29 is 9.90 Å². The first-order chi connectivity index (χ1) is 8.92. The van der Waals surface area contributed by atoms with Gasteiger partial charge in [-0.25, -0.2) is 0 Å². The number of aromatic hydroxyl groups is 1. The molecular weight excluding hydrogens is 285 g/mol. The number of halogens is 2. The van der Waals surface area contributed by atoms with Crippen molar-refractivity contribution in [2.45, 2.75) is 39.0 Å². The lowest BCUT2D eigenvalue weighted by atomic mass is 9.75. The average Bonchev–Trinajstić information content (AvgIpc) is 2.36. The Morgan fingerprint density at radius 3 is 2.47 bits per heavy atom. The van der Waals surface area contributed by atoms with E-state index in [9.17, 15) is 9.90 Å². The number of anilines is 1. The van der Waals surface area contributed by atoms with Crippen LogP contribution in [-0.4, -0.2) is 11.0 Å². The highest BCUT2D eigenvalue weighted by atomic mass is 35.5. The fourth-order valence-corrected chi connectivity index (χ4v) is 2.83. The SMILES string of the molecule is CC1(C(=O)Nc2cc(Cl)c(O)cc2Cl)CCCCC1. The number of carbonyl (C=O) groups excluding carboxylic acids is 1. The largest absolute Gasteiger partial charge is 0.506 e. The zero-order valence-corrected chi connectivity index (χ0v) is 12.3. The number of phenols is 1. The van der Waals surface area contributed by atoms with Crippen molar-refractivity contribution in [1.29, 1.82) is 0 Å². The van der Waals surface area contributed by atoms with Gasteiger partial charge in [0.2, 0.25) is 5.91 Å². The number of rotatable bonds is 2. The molecule has 1 aliphatic rings. The molecule has 1 aromatic rings. The van der Waals surface area contributed by atoms with Crippen LogP contribution in [0.2, 0.25) is 10.0 Å². The number of hydrogen-bond donors (Lipinski definition) is 2. The minimum absolute atomic E-state index is 0.0316. The van der Waals surface area contributed by atoms with Crippen LogP contribution in [0.25, 0.3) is 0 Å². The Morgan fingerprint density at radius 2 is 1.84 bits per heavy atom. The highest BCUT2D eigenvalue weighted by Crippen LogP contribution is 2.38. The molecule has 1 aliphatic carbocycles. The van der Waals surface area contributed by atoms with Gasteiger partial charge in [0, 0.05) is 11.5 Å². The lowest BCUT2D eigenvalue weighted by Gasteiger charge is -2.32. The molecule has 0 spiro atoms. The molecule has 0 bridgehead atoms. The second-order valence-electron chi connectivity index (χ2n) is 5.36. The standard InChI is InChI=1S/C14H17Cl2NO2/c1-14(5-3-2-4-6-14)13(19)17-11-7-10(16)12(18)8-9(11)15/h7-8,18H,2-6H2,1H3,(H,17,19). The van der Waals surface area contributed by atoms with E-state index < -0.39 is 0 Å². The van der Waals surface area contributed by atoms with Crippen LogP contribution in [0.3, 0.4) is 0 Å². The summed E-state index contributed by atoms with van der Waals surface area (Å²) in [6.07, 6.45) is 5.13. The molecule has 2 N–H and O–H groups in total. The lowest BCUT2D eigenvalue weighted by molar-refractivity contribution is -0.126. The second-order valence-corrected chi connectivity index (χ2v) is 6.17. The van der Waals surface area contributed by atoms with Crippen molar-refractivity contribution in [1.82, 2.24) is 0 Å². The maximum atomic E-state index is 12.4. The topological polar surface area (TPSA) is 49.3 Å². The van der Waals surface area contributed by atoms with Crippen molar-refractivity contribution in [3.8, 4) is 5.75 Å². The molecule has 0 atom stereocenters. The molecule has 1 aromatic carbocycles. The van der Waals surface area contributed by atoms with Crippen LogP contribution in [0.5, 0.6) is 5.75 Å². The van der Waals surface area contributed by atoms with Gasteiger partial charge >= 0.3 is 0 Å². The Kier molecular flexibility index (Phi) is 4.26. The van der Waals surface area contributed by atoms with E-state index in [0.29, 0.717) is 5.69 Å². The Hall–Kier alpha value is -0.930. The Balaban J connectivity index is 2.16. The molecule has 0 radical (unpaired) electrons. The van der Waals surface area contributed by atoms with E-state index >= 15 is 0 Å². The number of benzene rings is 1. The Labute approximate surface area is 122 Å². The van der Waals surface area contributed by atoms with Crippen molar-refractivity contribution in [3.63, 3.8) is 0 Å². The number of amides is 1. The van der Waals surface area contributed by atoms with Crippen LogP contribution >= 0.6 is 23.2 Å². The molecule has 5 heteroatoms. The van der Waals surface area contributed by atoms with Crippen LogP contribution in [-0.2, 0) is 4.79 Å². The molecule has 3 nitrogen and oxygen atoms in total. The Bertz CT molecular complexity index is 496. The fraction of sp³-hybridized carbons (Fsp3) is 0.500. The predicted octanol–water partition coefficient (Wildman–Crippen LogP) is 4.61. The first-order valence-electron chi connectivity index (χ1n) is 6.42. The summed E-state index contributed by atoms with van der Waals surface area (Å²) in [6, 6.07) is 2.81. The smallest absolute Gasteiger partial charge is 0.230 e. The van der Waals surface area contributed by atoms with E-state index in [1.54, 1.807) is 0 Å². The summed E-state index contributed by atoms with van der Waals surface area (Å²) in [7, 11) is 0. The highest BCUT2D eigenvalue weighted by molar-refractivity contribution is 6.36. The van der Waals surface area contributed by atoms with Gasteiger partial charge in [0.1, 0.15) is 5.75 Å². The highest BCUT2D eigenvalue weighted by Gasteiger charge is 2.34. The van der Waals surface area contributed by atoms with Gasteiger partial charge in [-0.2, -0.15) is 0 Å². The minimum Gasteiger partial charge on any atom is -0.506 e. The molecule has 1 amide bonds. The molecule has 1 fully saturated rings. The molecule has 19 heavy (non-hydrogen) atoms. The molecular formula is C14H17Cl2NO2. The van der Waals surface area contributed by atoms with Crippen LogP contribution in [0.1, 0.15) is 39.0 Å². The average molecular weight is 302 g/mol. The first kappa shape index (κ1) is 14.5. The molecule has 2 rings (SSSR count). The zero-order valence-electron chi connectivity index (χ0n) is 10.8. The number of nitrogens with one attached hydrogen (secondary N) is 1. The number of carbonyl (C=O) groups is 1. The number of phenolic OH excluding ortho intramolecular Hbond substituents is 1. The Morgan fingerprint density at radius 1 is 1.21 bits per heavy atom. The maximum Gasteiger partial charge on any atom is 0.230 e. The van der Waals surface area contributed by atoms with E-state index in [0.717, 1.165) is 25.7 Å². The summed E-state index contributed by atoms with van der Waals surface area (Å²) >= 11 is 11.8. The summed E-state index contributed by atoms with van der Waals surface area (Å²) < 4.78 is 0. The van der Waals surface area contributed by atoms with Crippen molar-refractivity contribution in [2.75, 3.05) is 5.32 Å². The third kappa shape index (κ3) is 3.15. The van der Waals surface area contributed by atoms with Crippen LogP contribution in [0.4, 0.5) is 5.69 Å². The molecule has 0 unspecified atom stereocenters. The van der Waals surface area contributed by atoms with Crippen molar-refractivity contribution in [2.24, 2.45) is 5.41 Å². The summed E-state index contributed by atoms with van der Waals surface area (Å²) in [5, 5.41) is 12.7. The van der Waals surface area contributed by atoms with E-state index in [4.69, 9.17) is 23.2 Å². The molecule has 1 saturated carbocycles. The summed E-state index contributed by atoms with van der Waals surface area (Å²) in [4.78, 5) is 12.4. The predicted molar refractivity (Wildman–Crippen MR) is 77.9 cm³/mol. The molecule has 0 aliphatic heterocycles. The second kappa shape index (κ2) is 5.59. The normalized spacial score (nSPS) is 18.1. The zero-order chi connectivity index (χ0) is 14.0. The van der Waals surface area contributed by atoms with Gasteiger partial charge in [-0.3, -0.25) is 4.79 Å². The minimum atomic E-state index is -0.341. The summed E-state index contributed by atoms with van der Waals surface area (Å²) in [5.41, 5.74) is 0.104. The van der Waals surface area contributed by atoms with Gasteiger partial charge in [-0.05, 0) is 18.9 Å². The molecule has 0 saturated heterocycles. The quantitative estimate of drug-likeness (QED) is 0.784. The van der Waals surface area contributed by atoms with Gasteiger partial charge in [-0.1, -0.05) is 49.4 Å². The fourth-order valence-electron chi connectivity index (χ4n) is 2.46. The molecule has 0 aromatic heterocycles. The van der Waals surface area contributed by atoms with Gasteiger partial charge in [0.05, 0.1) is 15.7 Å². The van der Waals surface area contributed by atoms with Crippen molar-refractivity contribution in [3.05, 3.63) is 22.2 Å². The van der Waals surface area contributed by atoms with E-state index in [1.807, 2.05) is 6.92 Å². The summed E-state index contributed by atoms with van der Waals surface area (Å²) in [5.74, 6) is -0.121. The third-order valence-electron chi connectivity index (χ3n) is 3.79. The van der Waals surface area contributed by atoms with E-state index in [1.165, 1.54) is 18.6 Å². The van der Waals surface area contributed by atoms with Gasteiger partial charge < -0.3 is 10.4 Å². The monoisotopic (exact) mass is 301 g/mol. The van der Waals surface area contributed by atoms with Crippen LogP contribution in [0.15, 0.2) is 12.1 Å².